The molecule has 0 bridgehead atoms. The quantitative estimate of drug-likeness (QED) is 0.669. The molecule has 12 heavy (non-hydrogen) atoms. The van der Waals surface area contributed by atoms with E-state index in [0.29, 0.717) is 11.6 Å². The highest BCUT2D eigenvalue weighted by molar-refractivity contribution is 6.32. The summed E-state index contributed by atoms with van der Waals surface area (Å²) in [5.41, 5.74) is 6.90. The van der Waals surface area contributed by atoms with Crippen molar-refractivity contribution in [2.75, 3.05) is 6.61 Å². The van der Waals surface area contributed by atoms with Gasteiger partial charge in [-0.25, -0.2) is 0 Å². The molecule has 0 saturated heterocycles. The first-order valence-electron chi connectivity index (χ1n) is 3.96. The van der Waals surface area contributed by atoms with E-state index < -0.39 is 0 Å². The number of halogens is 1. The molecule has 0 spiro atoms. The largest absolute Gasteiger partial charge is 0.492 e. The molecule has 2 N–H and O–H groups in total. The van der Waals surface area contributed by atoms with E-state index in [1.165, 1.54) is 0 Å². The number of para-hydroxylation sites is 1. The molecule has 0 unspecified atom stereocenters. The topological polar surface area (TPSA) is 35.2 Å². The molecule has 0 saturated carbocycles. The summed E-state index contributed by atoms with van der Waals surface area (Å²) >= 11 is 5.93. The molecule has 3 heteroatoms. The number of hydrogen-bond donors (Lipinski definition) is 1. The molecule has 0 radical (unpaired) electrons. The first kappa shape index (κ1) is 7.90. The van der Waals surface area contributed by atoms with Crippen LogP contribution in [0.2, 0.25) is 5.02 Å². The molecule has 0 amide bonds. The van der Waals surface area contributed by atoms with Crippen LogP contribution in [0.4, 0.5) is 0 Å². The minimum absolute atomic E-state index is 0.0763. The summed E-state index contributed by atoms with van der Waals surface area (Å²) in [6.45, 7) is 0.665. The van der Waals surface area contributed by atoms with E-state index in [0.717, 1.165) is 17.7 Å². The molecule has 64 valence electrons. The monoisotopic (exact) mass is 183 g/mol. The zero-order valence-electron chi connectivity index (χ0n) is 6.59. The van der Waals surface area contributed by atoms with Gasteiger partial charge in [0.25, 0.3) is 0 Å². The number of ether oxygens (including phenoxy) is 1. The molecule has 1 aliphatic heterocycles. The summed E-state index contributed by atoms with van der Waals surface area (Å²) in [6, 6.07) is 5.76. The Kier molecular flexibility index (Phi) is 1.95. The molecular formula is C9H10ClNO. The highest BCUT2D eigenvalue weighted by atomic mass is 35.5. The fraction of sp³-hybridized carbons (Fsp3) is 0.333. The van der Waals surface area contributed by atoms with Crippen molar-refractivity contribution in [1.29, 1.82) is 0 Å². The number of fused-ring (bicyclic) bond motifs is 1. The van der Waals surface area contributed by atoms with Crippen molar-refractivity contribution in [1.82, 2.24) is 0 Å². The zero-order chi connectivity index (χ0) is 8.55. The number of hydrogen-bond acceptors (Lipinski definition) is 2. The molecule has 1 aromatic rings. The molecule has 0 fully saturated rings. The van der Waals surface area contributed by atoms with E-state index in [1.54, 1.807) is 0 Å². The van der Waals surface area contributed by atoms with Crippen molar-refractivity contribution in [3.8, 4) is 5.75 Å². The van der Waals surface area contributed by atoms with Gasteiger partial charge in [0.1, 0.15) is 5.75 Å². The van der Waals surface area contributed by atoms with Crippen LogP contribution in [0.1, 0.15) is 18.0 Å². The first-order valence-corrected chi connectivity index (χ1v) is 4.33. The summed E-state index contributed by atoms with van der Waals surface area (Å²) in [5, 5.41) is 0.655. The van der Waals surface area contributed by atoms with E-state index in [-0.39, 0.29) is 6.04 Å². The van der Waals surface area contributed by atoms with E-state index >= 15 is 0 Å². The molecule has 0 aromatic heterocycles. The van der Waals surface area contributed by atoms with Crippen molar-refractivity contribution in [3.05, 3.63) is 28.8 Å². The fourth-order valence-electron chi connectivity index (χ4n) is 1.41. The van der Waals surface area contributed by atoms with Crippen LogP contribution >= 0.6 is 11.6 Å². The maximum Gasteiger partial charge on any atom is 0.142 e. The summed E-state index contributed by atoms with van der Waals surface area (Å²) in [6.07, 6.45) is 0.868. The van der Waals surface area contributed by atoms with Gasteiger partial charge in [0.15, 0.2) is 0 Å². The molecule has 2 nitrogen and oxygen atoms in total. The Morgan fingerprint density at radius 2 is 2.33 bits per heavy atom. The van der Waals surface area contributed by atoms with E-state index in [4.69, 9.17) is 22.1 Å². The van der Waals surface area contributed by atoms with Gasteiger partial charge in [-0.2, -0.15) is 0 Å². The van der Waals surface area contributed by atoms with E-state index in [2.05, 4.69) is 0 Å². The number of nitrogens with two attached hydrogens (primary N) is 1. The van der Waals surface area contributed by atoms with Crippen LogP contribution in [-0.4, -0.2) is 6.61 Å². The van der Waals surface area contributed by atoms with Gasteiger partial charge in [-0.1, -0.05) is 23.7 Å². The van der Waals surface area contributed by atoms with Crippen LogP contribution in [-0.2, 0) is 0 Å². The average molecular weight is 184 g/mol. The molecule has 2 rings (SSSR count). The number of rotatable bonds is 0. The van der Waals surface area contributed by atoms with Gasteiger partial charge in [0.05, 0.1) is 11.6 Å². The lowest BCUT2D eigenvalue weighted by Crippen LogP contribution is -2.20. The third kappa shape index (κ3) is 1.17. The predicted octanol–water partition coefficient (Wildman–Crippen LogP) is 2.12. The summed E-state index contributed by atoms with van der Waals surface area (Å²) in [5.74, 6) is 0.762. The summed E-state index contributed by atoms with van der Waals surface area (Å²) < 4.78 is 5.41. The Morgan fingerprint density at radius 1 is 1.50 bits per heavy atom. The maximum absolute atomic E-state index is 5.93. The van der Waals surface area contributed by atoms with Crippen molar-refractivity contribution in [2.24, 2.45) is 5.73 Å². The minimum Gasteiger partial charge on any atom is -0.492 e. The Bertz CT molecular complexity index is 301. The lowest BCUT2D eigenvalue weighted by Gasteiger charge is -2.23. The van der Waals surface area contributed by atoms with Crippen molar-refractivity contribution in [2.45, 2.75) is 12.5 Å². The second-order valence-electron chi connectivity index (χ2n) is 2.90. The third-order valence-corrected chi connectivity index (χ3v) is 2.37. The smallest absolute Gasteiger partial charge is 0.142 e. The van der Waals surface area contributed by atoms with Gasteiger partial charge in [0.2, 0.25) is 0 Å². The van der Waals surface area contributed by atoms with Gasteiger partial charge in [-0.05, 0) is 6.07 Å². The molecule has 1 aromatic carbocycles. The second-order valence-corrected chi connectivity index (χ2v) is 3.31. The Hall–Kier alpha value is -0.730. The van der Waals surface area contributed by atoms with Crippen molar-refractivity contribution in [3.63, 3.8) is 0 Å². The second kappa shape index (κ2) is 2.96. The lowest BCUT2D eigenvalue weighted by atomic mass is 10.0. The van der Waals surface area contributed by atoms with Crippen molar-refractivity contribution >= 4 is 11.6 Å². The van der Waals surface area contributed by atoms with Crippen molar-refractivity contribution < 1.29 is 4.74 Å². The average Bonchev–Trinajstić information content (AvgIpc) is 2.07. The van der Waals surface area contributed by atoms with Crippen LogP contribution in [0, 0.1) is 0 Å². The van der Waals surface area contributed by atoms with E-state index in [1.807, 2.05) is 18.2 Å². The van der Waals surface area contributed by atoms with Crippen LogP contribution in [0.5, 0.6) is 5.75 Å². The number of benzene rings is 1. The van der Waals surface area contributed by atoms with Gasteiger partial charge >= 0.3 is 0 Å². The maximum atomic E-state index is 5.93. The van der Waals surface area contributed by atoms with Crippen LogP contribution in [0.15, 0.2) is 18.2 Å². The Balaban J connectivity index is 2.52. The molecule has 0 aliphatic carbocycles. The molecule has 1 atom stereocenters. The normalized spacial score (nSPS) is 21.3. The fourth-order valence-corrected chi connectivity index (χ4v) is 1.65. The molecule has 1 heterocycles. The zero-order valence-corrected chi connectivity index (χ0v) is 7.34. The Morgan fingerprint density at radius 3 is 3.08 bits per heavy atom. The Labute approximate surface area is 76.3 Å². The SMILES string of the molecule is N[C@@H]1CCOc2c(Cl)cccc21. The highest BCUT2D eigenvalue weighted by Crippen LogP contribution is 2.36. The van der Waals surface area contributed by atoms with Gasteiger partial charge in [-0.3, -0.25) is 0 Å². The first-order chi connectivity index (χ1) is 5.79. The third-order valence-electron chi connectivity index (χ3n) is 2.07. The van der Waals surface area contributed by atoms with Gasteiger partial charge in [-0.15, -0.1) is 0 Å². The van der Waals surface area contributed by atoms with Crippen LogP contribution in [0.3, 0.4) is 0 Å². The minimum atomic E-state index is 0.0763. The van der Waals surface area contributed by atoms with Gasteiger partial charge < -0.3 is 10.5 Å². The standard InChI is InChI=1S/C9H10ClNO/c10-7-3-1-2-6-8(11)4-5-12-9(6)7/h1-3,8H,4-5,11H2/t8-/m1/s1. The lowest BCUT2D eigenvalue weighted by molar-refractivity contribution is 0.269. The van der Waals surface area contributed by atoms with Gasteiger partial charge in [0, 0.05) is 18.0 Å². The molecule has 1 aliphatic rings. The van der Waals surface area contributed by atoms with E-state index in [9.17, 15) is 0 Å². The van der Waals surface area contributed by atoms with Crippen LogP contribution in [0.25, 0.3) is 0 Å². The highest BCUT2D eigenvalue weighted by Gasteiger charge is 2.19. The summed E-state index contributed by atoms with van der Waals surface area (Å²) in [7, 11) is 0. The summed E-state index contributed by atoms with van der Waals surface area (Å²) in [4.78, 5) is 0. The van der Waals surface area contributed by atoms with Crippen LogP contribution < -0.4 is 10.5 Å². The predicted molar refractivity (Wildman–Crippen MR) is 48.5 cm³/mol. The molecular weight excluding hydrogens is 174 g/mol.